The quantitative estimate of drug-likeness (QED) is 0.303. The highest BCUT2D eigenvalue weighted by molar-refractivity contribution is 6.30. The molecule has 0 atom stereocenters. The number of hydrogen-bond acceptors (Lipinski definition) is 6. The van der Waals surface area contributed by atoms with Gasteiger partial charge in [0.05, 0.1) is 17.7 Å². The molecule has 0 aromatic heterocycles. The van der Waals surface area contributed by atoms with Gasteiger partial charge in [0, 0.05) is 22.7 Å². The van der Waals surface area contributed by atoms with Crippen molar-refractivity contribution in [3.63, 3.8) is 0 Å². The van der Waals surface area contributed by atoms with Gasteiger partial charge in [0.15, 0.2) is 11.5 Å². The lowest BCUT2D eigenvalue weighted by atomic mass is 9.96. The number of hydrogen-bond donors (Lipinski definition) is 1. The van der Waals surface area contributed by atoms with E-state index in [2.05, 4.69) is 5.16 Å². The molecule has 3 aromatic rings. The van der Waals surface area contributed by atoms with E-state index in [4.69, 9.17) is 21.2 Å². The Morgan fingerprint density at radius 1 is 1.13 bits per heavy atom. The summed E-state index contributed by atoms with van der Waals surface area (Å²) in [7, 11) is 1.48. The lowest BCUT2D eigenvalue weighted by Crippen LogP contribution is -2.01. The van der Waals surface area contributed by atoms with Gasteiger partial charge in [-0.25, -0.2) is 0 Å². The second kappa shape index (κ2) is 9.28. The Bertz CT molecular complexity index is 1080. The van der Waals surface area contributed by atoms with E-state index in [9.17, 15) is 15.2 Å². The summed E-state index contributed by atoms with van der Waals surface area (Å²) in [4.78, 5) is 15.7. The Balaban J connectivity index is 1.86. The zero-order valence-corrected chi connectivity index (χ0v) is 17.1. The number of nitro groups is 1. The van der Waals surface area contributed by atoms with Crippen LogP contribution in [0.15, 0.2) is 65.8 Å². The van der Waals surface area contributed by atoms with Gasteiger partial charge in [-0.3, -0.25) is 10.1 Å². The largest absolute Gasteiger partial charge is 0.504 e. The van der Waals surface area contributed by atoms with Crippen LogP contribution in [0.5, 0.6) is 11.5 Å². The van der Waals surface area contributed by atoms with Crippen molar-refractivity contribution in [2.75, 3.05) is 7.11 Å². The van der Waals surface area contributed by atoms with Crippen LogP contribution in [-0.2, 0) is 11.4 Å². The third kappa shape index (κ3) is 4.87. The second-order valence-electron chi connectivity index (χ2n) is 6.45. The van der Waals surface area contributed by atoms with Gasteiger partial charge >= 0.3 is 0 Å². The average molecular weight is 427 g/mol. The van der Waals surface area contributed by atoms with Crippen LogP contribution in [0.2, 0.25) is 5.02 Å². The van der Waals surface area contributed by atoms with Crippen LogP contribution in [-0.4, -0.2) is 22.9 Å². The molecule has 30 heavy (non-hydrogen) atoms. The van der Waals surface area contributed by atoms with Gasteiger partial charge in [0.2, 0.25) is 0 Å². The van der Waals surface area contributed by atoms with Gasteiger partial charge in [0.25, 0.3) is 5.69 Å². The van der Waals surface area contributed by atoms with Gasteiger partial charge in [0.1, 0.15) is 6.61 Å². The number of halogens is 1. The molecule has 154 valence electrons. The summed E-state index contributed by atoms with van der Waals surface area (Å²) in [5.74, 6) is 0.318. The standard InChI is InChI=1S/C22H19ClN2O5/c1-14(24-30-13-15-3-9-18(10-4-15)25(27)28)19-11-21(26)22(29-2)12-20(19)16-5-7-17(23)8-6-16/h3-12,26H,13H2,1-2H3/b24-14+. The molecule has 1 N–H and O–H groups in total. The highest BCUT2D eigenvalue weighted by atomic mass is 35.5. The van der Waals surface area contributed by atoms with Crippen molar-refractivity contribution in [1.29, 1.82) is 0 Å². The highest BCUT2D eigenvalue weighted by Gasteiger charge is 2.14. The summed E-state index contributed by atoms with van der Waals surface area (Å²) in [6.45, 7) is 1.91. The molecular formula is C22H19ClN2O5. The van der Waals surface area contributed by atoms with Crippen LogP contribution in [0.1, 0.15) is 18.1 Å². The van der Waals surface area contributed by atoms with Gasteiger partial charge in [-0.05, 0) is 60.0 Å². The predicted molar refractivity (Wildman–Crippen MR) is 115 cm³/mol. The predicted octanol–water partition coefficient (Wildman–Crippen LogP) is 5.57. The SMILES string of the molecule is COc1cc(-c2ccc(Cl)cc2)c(/C(C)=N/OCc2ccc([N+](=O)[O-])cc2)cc1O. The number of aromatic hydroxyl groups is 1. The first-order chi connectivity index (χ1) is 14.4. The van der Waals surface area contributed by atoms with Crippen LogP contribution >= 0.6 is 11.6 Å². The molecule has 0 aliphatic rings. The fraction of sp³-hybridized carbons (Fsp3) is 0.136. The summed E-state index contributed by atoms with van der Waals surface area (Å²) in [5, 5.41) is 25.7. The number of ether oxygens (including phenoxy) is 1. The maximum atomic E-state index is 10.7. The Hall–Kier alpha value is -3.58. The molecule has 0 fully saturated rings. The number of benzene rings is 3. The molecule has 0 unspecified atom stereocenters. The van der Waals surface area contributed by atoms with Crippen molar-refractivity contribution in [2.45, 2.75) is 13.5 Å². The second-order valence-corrected chi connectivity index (χ2v) is 6.89. The Morgan fingerprint density at radius 3 is 2.40 bits per heavy atom. The third-order valence-corrected chi connectivity index (χ3v) is 4.70. The molecule has 0 aliphatic heterocycles. The van der Waals surface area contributed by atoms with Crippen molar-refractivity contribution in [3.05, 3.63) is 86.9 Å². The first-order valence-corrected chi connectivity index (χ1v) is 9.34. The number of nitrogens with zero attached hydrogens (tertiary/aromatic N) is 2. The van der Waals surface area contributed by atoms with Crippen LogP contribution in [0.4, 0.5) is 5.69 Å². The van der Waals surface area contributed by atoms with Crippen molar-refractivity contribution >= 4 is 23.0 Å². The van der Waals surface area contributed by atoms with E-state index in [0.29, 0.717) is 22.0 Å². The molecule has 0 radical (unpaired) electrons. The number of oxime groups is 1. The third-order valence-electron chi connectivity index (χ3n) is 4.44. The maximum absolute atomic E-state index is 10.7. The van der Waals surface area contributed by atoms with E-state index in [1.807, 2.05) is 12.1 Å². The molecule has 0 heterocycles. The average Bonchev–Trinajstić information content (AvgIpc) is 2.74. The fourth-order valence-corrected chi connectivity index (χ4v) is 2.99. The Kier molecular flexibility index (Phi) is 6.54. The number of phenolic OH excluding ortho intramolecular Hbond substituents is 1. The molecule has 0 saturated heterocycles. The topological polar surface area (TPSA) is 94.2 Å². The smallest absolute Gasteiger partial charge is 0.269 e. The van der Waals surface area contributed by atoms with Crippen molar-refractivity contribution in [1.82, 2.24) is 0 Å². The molecule has 0 saturated carbocycles. The normalized spacial score (nSPS) is 11.2. The molecule has 3 rings (SSSR count). The van der Waals surface area contributed by atoms with E-state index in [-0.39, 0.29) is 18.0 Å². The Morgan fingerprint density at radius 2 is 1.80 bits per heavy atom. The van der Waals surface area contributed by atoms with Crippen molar-refractivity contribution in [3.8, 4) is 22.6 Å². The number of phenols is 1. The van der Waals surface area contributed by atoms with Crippen LogP contribution in [0, 0.1) is 10.1 Å². The molecule has 3 aromatic carbocycles. The van der Waals surface area contributed by atoms with E-state index < -0.39 is 4.92 Å². The van der Waals surface area contributed by atoms with E-state index in [1.165, 1.54) is 19.2 Å². The zero-order valence-electron chi connectivity index (χ0n) is 16.3. The minimum Gasteiger partial charge on any atom is -0.504 e. The van der Waals surface area contributed by atoms with Gasteiger partial charge in [-0.2, -0.15) is 0 Å². The zero-order chi connectivity index (χ0) is 21.7. The lowest BCUT2D eigenvalue weighted by Gasteiger charge is -2.13. The number of rotatable bonds is 7. The first-order valence-electron chi connectivity index (χ1n) is 8.96. The van der Waals surface area contributed by atoms with Crippen LogP contribution in [0.3, 0.4) is 0 Å². The summed E-state index contributed by atoms with van der Waals surface area (Å²) in [5.41, 5.74) is 3.63. The molecule has 0 bridgehead atoms. The van der Waals surface area contributed by atoms with E-state index in [1.54, 1.807) is 43.3 Å². The first kappa shape index (κ1) is 21.1. The van der Waals surface area contributed by atoms with Crippen LogP contribution in [0.25, 0.3) is 11.1 Å². The molecule has 7 nitrogen and oxygen atoms in total. The summed E-state index contributed by atoms with van der Waals surface area (Å²) < 4.78 is 5.24. The fourth-order valence-electron chi connectivity index (χ4n) is 2.87. The summed E-state index contributed by atoms with van der Waals surface area (Å²) in [6, 6.07) is 16.6. The highest BCUT2D eigenvalue weighted by Crippen LogP contribution is 2.36. The monoisotopic (exact) mass is 426 g/mol. The Labute approximate surface area is 178 Å². The minimum atomic E-state index is -0.457. The lowest BCUT2D eigenvalue weighted by molar-refractivity contribution is -0.384. The van der Waals surface area contributed by atoms with Crippen LogP contribution < -0.4 is 4.74 Å². The summed E-state index contributed by atoms with van der Waals surface area (Å²) >= 11 is 5.99. The van der Waals surface area contributed by atoms with Crippen molar-refractivity contribution in [2.24, 2.45) is 5.16 Å². The summed E-state index contributed by atoms with van der Waals surface area (Å²) in [6.07, 6.45) is 0. The molecule has 8 heteroatoms. The molecule has 0 aliphatic carbocycles. The molecule has 0 amide bonds. The van der Waals surface area contributed by atoms with Gasteiger partial charge in [-0.15, -0.1) is 0 Å². The molecular weight excluding hydrogens is 408 g/mol. The maximum Gasteiger partial charge on any atom is 0.269 e. The van der Waals surface area contributed by atoms with Gasteiger partial charge < -0.3 is 14.7 Å². The van der Waals surface area contributed by atoms with E-state index in [0.717, 1.165) is 16.7 Å². The minimum absolute atomic E-state index is 0.0137. The molecule has 0 spiro atoms. The van der Waals surface area contributed by atoms with Crippen molar-refractivity contribution < 1.29 is 19.6 Å². The van der Waals surface area contributed by atoms with E-state index >= 15 is 0 Å². The number of methoxy groups -OCH3 is 1. The number of non-ortho nitro benzene ring substituents is 1. The number of nitro benzene ring substituents is 1. The van der Waals surface area contributed by atoms with Gasteiger partial charge in [-0.1, -0.05) is 28.9 Å².